The van der Waals surface area contributed by atoms with E-state index in [1.807, 2.05) is 34.7 Å². The Kier molecular flexibility index (Phi) is 13.8. The average molecular weight is 975 g/mol. The predicted molar refractivity (Wildman–Crippen MR) is 231 cm³/mol. The number of hydrogen-bond donors (Lipinski definition) is 2. The molecule has 0 radical (unpaired) electrons. The molecule has 1 fully saturated rings. The predicted octanol–water partition coefficient (Wildman–Crippen LogP) is 5.27. The van der Waals surface area contributed by atoms with Gasteiger partial charge in [0.25, 0.3) is 0 Å². The van der Waals surface area contributed by atoms with Crippen molar-refractivity contribution in [2.45, 2.75) is 67.9 Å². The van der Waals surface area contributed by atoms with Gasteiger partial charge in [0.1, 0.15) is 32.6 Å². The van der Waals surface area contributed by atoms with Crippen molar-refractivity contribution in [2.75, 3.05) is 34.4 Å². The molecule has 0 aliphatic carbocycles. The summed E-state index contributed by atoms with van der Waals surface area (Å²) in [5.74, 6) is 1.78. The summed E-state index contributed by atoms with van der Waals surface area (Å²) in [6.45, 7) is 4.47. The fourth-order valence-electron chi connectivity index (χ4n) is 6.58. The number of aromatic nitrogens is 3. The molecule has 1 aliphatic rings. The number of methoxy groups -OCH3 is 3. The number of benzene rings is 4. The van der Waals surface area contributed by atoms with Gasteiger partial charge < -0.3 is 29.0 Å². The lowest BCUT2D eigenvalue weighted by molar-refractivity contribution is 0.0270. The molecule has 320 valence electrons. The number of aliphatic hydroxyl groups is 1. The van der Waals surface area contributed by atoms with Crippen molar-refractivity contribution in [3.63, 3.8) is 0 Å². The first-order chi connectivity index (χ1) is 28.4. The fourth-order valence-corrected chi connectivity index (χ4v) is 11.2. The second-order valence-corrected chi connectivity index (χ2v) is 19.7. The van der Waals surface area contributed by atoms with Crippen LogP contribution in [0, 0.1) is 3.57 Å². The topological polar surface area (TPSA) is 192 Å². The Morgan fingerprint density at radius 3 is 1.83 bits per heavy atom. The van der Waals surface area contributed by atoms with E-state index in [4.69, 9.17) is 18.9 Å². The number of likely N-dealkylation sites (tertiary alicyclic amines) is 1. The van der Waals surface area contributed by atoms with Crippen molar-refractivity contribution >= 4 is 48.7 Å². The highest BCUT2D eigenvalue weighted by molar-refractivity contribution is 14.1. The van der Waals surface area contributed by atoms with Crippen LogP contribution in [0.5, 0.6) is 17.2 Å². The summed E-state index contributed by atoms with van der Waals surface area (Å²) in [6, 6.07) is 22.5. The van der Waals surface area contributed by atoms with Gasteiger partial charge in [-0.3, -0.25) is 0 Å². The molecule has 0 spiro atoms. The van der Waals surface area contributed by atoms with Crippen LogP contribution in [-0.4, -0.2) is 104 Å². The molecule has 60 heavy (non-hydrogen) atoms. The molecule has 2 heterocycles. The molecule has 19 heteroatoms. The minimum absolute atomic E-state index is 0.0498. The lowest BCUT2D eigenvalue weighted by atomic mass is 10.1. The first-order valence-electron chi connectivity index (χ1n) is 18.7. The zero-order chi connectivity index (χ0) is 43.4. The maximum atomic E-state index is 15.6. The molecule has 1 aromatic heterocycles. The van der Waals surface area contributed by atoms with Gasteiger partial charge in [0.05, 0.1) is 58.5 Å². The number of β-amino-alcohol motifs (C(OH)–C–C–N with tert-alkyl or cyclic N) is 1. The Morgan fingerprint density at radius 2 is 1.33 bits per heavy atom. The van der Waals surface area contributed by atoms with Crippen molar-refractivity contribution < 1.29 is 45.7 Å². The van der Waals surface area contributed by atoms with Crippen molar-refractivity contribution in [3.05, 3.63) is 111 Å². The molecule has 2 N–H and O–H groups in total. The third-order valence-electron chi connectivity index (χ3n) is 9.61. The van der Waals surface area contributed by atoms with Crippen LogP contribution in [0.15, 0.2) is 101 Å². The highest BCUT2D eigenvalue weighted by Gasteiger charge is 2.42. The number of ether oxygens (including phenoxy) is 4. The van der Waals surface area contributed by atoms with Gasteiger partial charge in [-0.2, -0.15) is 4.31 Å². The van der Waals surface area contributed by atoms with Gasteiger partial charge in [-0.1, -0.05) is 41.6 Å². The highest BCUT2D eigenvalue weighted by atomic mass is 127. The van der Waals surface area contributed by atoms with E-state index in [0.29, 0.717) is 31.9 Å². The smallest absolute Gasteiger partial charge is 0.410 e. The quantitative estimate of drug-likeness (QED) is 0.129. The van der Waals surface area contributed by atoms with Crippen LogP contribution >= 0.6 is 22.6 Å². The molecule has 0 unspecified atom stereocenters. The Bertz CT molecular complexity index is 2460. The third kappa shape index (κ3) is 10.4. The van der Waals surface area contributed by atoms with Gasteiger partial charge in [-0.15, -0.1) is 5.10 Å². The van der Waals surface area contributed by atoms with Crippen LogP contribution in [0.2, 0.25) is 0 Å². The van der Waals surface area contributed by atoms with Crippen molar-refractivity contribution in [1.82, 2.24) is 28.9 Å². The molecule has 2 atom stereocenters. The fraction of sp³-hybridized carbons (Fsp3) is 0.341. The average Bonchev–Trinajstić information content (AvgIpc) is 3.82. The van der Waals surface area contributed by atoms with E-state index in [-0.39, 0.29) is 44.0 Å². The molecule has 0 bridgehead atoms. The maximum absolute atomic E-state index is 15.6. The minimum Gasteiger partial charge on any atom is -0.497 e. The Labute approximate surface area is 363 Å². The van der Waals surface area contributed by atoms with Gasteiger partial charge in [-0.05, 0) is 109 Å². The second kappa shape index (κ2) is 18.4. The van der Waals surface area contributed by atoms with Crippen LogP contribution in [0.4, 0.5) is 4.79 Å². The number of carbonyl (C=O) groups excluding carboxylic acids is 1. The number of nitrogens with one attached hydrogen (secondary N) is 1. The number of hydrogen-bond acceptors (Lipinski definition) is 12. The first kappa shape index (κ1) is 44.7. The summed E-state index contributed by atoms with van der Waals surface area (Å²) in [5, 5.41) is 19.5. The Balaban J connectivity index is 1.51. The second-order valence-electron chi connectivity index (χ2n) is 15.0. The molecule has 5 aromatic rings. The van der Waals surface area contributed by atoms with Gasteiger partial charge >= 0.3 is 6.09 Å². The van der Waals surface area contributed by atoms with Crippen molar-refractivity contribution in [1.29, 1.82) is 0 Å². The monoisotopic (exact) mass is 974 g/mol. The molecule has 16 nitrogen and oxygen atoms in total. The lowest BCUT2D eigenvalue weighted by Crippen LogP contribution is -2.44. The largest absolute Gasteiger partial charge is 0.497 e. The standard InChI is InChI=1S/C41H47IN6O10S2/c1-41(2,3)58-40(50)46-25-34(36(49)26-46)44-59(51,52)37-20-19-33(42)38(35-21-43-45-48(35)24-29-11-17-32(57-6)18-12-29)39(37)60(53,54)47(22-27-7-13-30(55-4)14-8-27)23-28-9-15-31(56-5)16-10-28/h7-21,34,36,44,49H,22-26H2,1-6H3/t34-,36+/m1/s1. The van der Waals surface area contributed by atoms with Crippen molar-refractivity contribution in [2.24, 2.45) is 0 Å². The van der Waals surface area contributed by atoms with E-state index in [1.54, 1.807) is 88.5 Å². The molecule has 0 saturated carbocycles. The van der Waals surface area contributed by atoms with Crippen LogP contribution in [0.1, 0.15) is 37.5 Å². The molecule has 4 aromatic carbocycles. The van der Waals surface area contributed by atoms with Crippen LogP contribution in [0.3, 0.4) is 0 Å². The maximum Gasteiger partial charge on any atom is 0.410 e. The molecular weight excluding hydrogens is 928 g/mol. The summed E-state index contributed by atoms with van der Waals surface area (Å²) in [5.41, 5.74) is 1.44. The number of halogens is 1. The Morgan fingerprint density at radius 1 is 0.817 bits per heavy atom. The van der Waals surface area contributed by atoms with E-state index >= 15 is 8.42 Å². The van der Waals surface area contributed by atoms with E-state index < -0.39 is 53.7 Å². The number of nitrogens with zero attached hydrogens (tertiary/aromatic N) is 5. The molecular formula is C41H47IN6O10S2. The van der Waals surface area contributed by atoms with Gasteiger partial charge in [0.2, 0.25) is 20.0 Å². The van der Waals surface area contributed by atoms with E-state index in [0.717, 1.165) is 5.56 Å². The number of carbonyl (C=O) groups is 1. The summed E-state index contributed by atoms with van der Waals surface area (Å²) in [7, 11) is -4.97. The van der Waals surface area contributed by atoms with E-state index in [2.05, 4.69) is 15.0 Å². The van der Waals surface area contributed by atoms with Gasteiger partial charge in [0, 0.05) is 28.8 Å². The SMILES string of the molecule is COc1ccc(CN(Cc2ccc(OC)cc2)S(=O)(=O)c2c(S(=O)(=O)N[C@@H]3CN(C(=O)OC(C)(C)C)C[C@@H]3O)ccc(I)c2-c2cnnn2Cc2ccc(OC)cc2)cc1. The minimum atomic E-state index is -4.80. The van der Waals surface area contributed by atoms with E-state index in [9.17, 15) is 18.3 Å². The number of rotatable bonds is 15. The zero-order valence-corrected chi connectivity index (χ0v) is 37.7. The molecule has 1 aliphatic heterocycles. The zero-order valence-electron chi connectivity index (χ0n) is 33.9. The Hall–Kier alpha value is -4.80. The van der Waals surface area contributed by atoms with E-state index in [1.165, 1.54) is 46.4 Å². The third-order valence-corrected chi connectivity index (χ3v) is 14.0. The summed E-state index contributed by atoms with van der Waals surface area (Å²) in [4.78, 5) is 13.0. The summed E-state index contributed by atoms with van der Waals surface area (Å²) in [6.07, 6.45) is -0.665. The number of aliphatic hydroxyl groups excluding tert-OH is 1. The van der Waals surface area contributed by atoms with Crippen LogP contribution in [0.25, 0.3) is 11.3 Å². The first-order valence-corrected chi connectivity index (χ1v) is 22.7. The summed E-state index contributed by atoms with van der Waals surface area (Å²) < 4.78 is 87.8. The van der Waals surface area contributed by atoms with Gasteiger partial charge in [0.15, 0.2) is 0 Å². The number of sulfonamides is 2. The normalized spacial score (nSPS) is 15.9. The van der Waals surface area contributed by atoms with Gasteiger partial charge in [-0.25, -0.2) is 31.0 Å². The summed E-state index contributed by atoms with van der Waals surface area (Å²) >= 11 is 1.98. The van der Waals surface area contributed by atoms with Crippen molar-refractivity contribution in [3.8, 4) is 28.5 Å². The lowest BCUT2D eigenvalue weighted by Gasteiger charge is -2.27. The highest BCUT2D eigenvalue weighted by Crippen LogP contribution is 2.39. The van der Waals surface area contributed by atoms with Crippen LogP contribution in [-0.2, 0) is 44.4 Å². The number of amides is 1. The molecule has 1 saturated heterocycles. The molecule has 6 rings (SSSR count). The van der Waals surface area contributed by atoms with Crippen LogP contribution < -0.4 is 18.9 Å². The molecule has 1 amide bonds.